The molecule has 0 saturated carbocycles. The molecule has 17 heavy (non-hydrogen) atoms. The third-order valence-corrected chi connectivity index (χ3v) is 4.21. The van der Waals surface area contributed by atoms with E-state index >= 15 is 0 Å². The van der Waals surface area contributed by atoms with Gasteiger partial charge in [0.05, 0.1) is 0 Å². The Bertz CT molecular complexity index is 549. The van der Waals surface area contributed by atoms with Gasteiger partial charge in [-0.05, 0) is 18.6 Å². The summed E-state index contributed by atoms with van der Waals surface area (Å²) in [6.45, 7) is 2.16. The monoisotopic (exact) mass is 256 g/mol. The summed E-state index contributed by atoms with van der Waals surface area (Å²) in [6, 6.07) is 5.17. The first kappa shape index (κ1) is 13.6. The van der Waals surface area contributed by atoms with Gasteiger partial charge in [-0.15, -0.1) is 0 Å². The molecule has 6 heteroatoms. The van der Waals surface area contributed by atoms with Crippen molar-refractivity contribution in [3.63, 3.8) is 0 Å². The third-order valence-electron chi connectivity index (χ3n) is 2.31. The number of hydrogen-bond acceptors (Lipinski definition) is 3. The van der Waals surface area contributed by atoms with E-state index in [0.29, 0.717) is 13.0 Å². The molecule has 0 atom stereocenters. The van der Waals surface area contributed by atoms with E-state index in [1.807, 2.05) is 6.92 Å². The van der Waals surface area contributed by atoms with Gasteiger partial charge in [-0.1, -0.05) is 13.0 Å². The SMILES string of the molecule is CCCN(C)S(=O)(=O)c1cccc(F)c1C#N. The second-order valence-electron chi connectivity index (χ2n) is 3.55. The van der Waals surface area contributed by atoms with Crippen LogP contribution >= 0.6 is 0 Å². The molecular weight excluding hydrogens is 243 g/mol. The number of sulfonamides is 1. The molecule has 0 bridgehead atoms. The zero-order valence-electron chi connectivity index (χ0n) is 9.64. The zero-order valence-corrected chi connectivity index (χ0v) is 10.5. The number of halogens is 1. The lowest BCUT2D eigenvalue weighted by Crippen LogP contribution is -2.28. The molecular formula is C11H13FN2O2S. The van der Waals surface area contributed by atoms with E-state index in [1.165, 1.54) is 19.2 Å². The maximum absolute atomic E-state index is 13.3. The summed E-state index contributed by atoms with van der Waals surface area (Å²) in [5.74, 6) is -0.821. The summed E-state index contributed by atoms with van der Waals surface area (Å²) in [6.07, 6.45) is 0.646. The lowest BCUT2D eigenvalue weighted by molar-refractivity contribution is 0.467. The van der Waals surface area contributed by atoms with Crippen molar-refractivity contribution in [2.24, 2.45) is 0 Å². The average Bonchev–Trinajstić information content (AvgIpc) is 2.29. The van der Waals surface area contributed by atoms with E-state index in [1.54, 1.807) is 6.07 Å². The number of nitriles is 1. The van der Waals surface area contributed by atoms with Gasteiger partial charge in [0.25, 0.3) is 0 Å². The first-order valence-electron chi connectivity index (χ1n) is 5.10. The van der Waals surface area contributed by atoms with Crippen LogP contribution in [0.1, 0.15) is 18.9 Å². The third kappa shape index (κ3) is 2.62. The first-order chi connectivity index (χ1) is 7.95. The lowest BCUT2D eigenvalue weighted by Gasteiger charge is -2.16. The highest BCUT2D eigenvalue weighted by Gasteiger charge is 2.25. The minimum atomic E-state index is -3.80. The smallest absolute Gasteiger partial charge is 0.207 e. The van der Waals surface area contributed by atoms with Gasteiger partial charge in [-0.2, -0.15) is 5.26 Å². The van der Waals surface area contributed by atoms with Gasteiger partial charge in [-0.3, -0.25) is 0 Å². The Labute approximate surface area is 100 Å². The molecule has 92 valence electrons. The minimum absolute atomic E-state index is 0.282. The van der Waals surface area contributed by atoms with Gasteiger partial charge < -0.3 is 0 Å². The summed E-state index contributed by atoms with van der Waals surface area (Å²) in [4.78, 5) is -0.282. The Morgan fingerprint density at radius 1 is 1.47 bits per heavy atom. The molecule has 1 aromatic carbocycles. The number of hydrogen-bond donors (Lipinski definition) is 0. The normalized spacial score (nSPS) is 11.5. The van der Waals surface area contributed by atoms with Gasteiger partial charge in [0, 0.05) is 13.6 Å². The molecule has 1 rings (SSSR count). The van der Waals surface area contributed by atoms with Crippen LogP contribution in [-0.2, 0) is 10.0 Å². The Morgan fingerprint density at radius 3 is 2.65 bits per heavy atom. The highest BCUT2D eigenvalue weighted by atomic mass is 32.2. The molecule has 0 unspecified atom stereocenters. The predicted octanol–water partition coefficient (Wildman–Crippen LogP) is 1.73. The minimum Gasteiger partial charge on any atom is -0.207 e. The first-order valence-corrected chi connectivity index (χ1v) is 6.54. The molecule has 0 aliphatic carbocycles. The fourth-order valence-corrected chi connectivity index (χ4v) is 2.84. The highest BCUT2D eigenvalue weighted by Crippen LogP contribution is 2.21. The van der Waals surface area contributed by atoms with Crippen molar-refractivity contribution in [3.8, 4) is 6.07 Å². The molecule has 0 saturated heterocycles. The second-order valence-corrected chi connectivity index (χ2v) is 5.56. The molecule has 0 spiro atoms. The fourth-order valence-electron chi connectivity index (χ4n) is 1.43. The zero-order chi connectivity index (χ0) is 13.1. The summed E-state index contributed by atoms with van der Waals surface area (Å²) in [7, 11) is -2.39. The summed E-state index contributed by atoms with van der Waals surface area (Å²) in [5, 5.41) is 8.80. The van der Waals surface area contributed by atoms with E-state index in [-0.39, 0.29) is 4.90 Å². The van der Waals surface area contributed by atoms with Crippen molar-refractivity contribution in [2.45, 2.75) is 18.2 Å². The molecule has 1 aromatic rings. The quantitative estimate of drug-likeness (QED) is 0.824. The summed E-state index contributed by atoms with van der Waals surface area (Å²) >= 11 is 0. The molecule has 0 radical (unpaired) electrons. The van der Waals surface area contributed by atoms with Crippen molar-refractivity contribution in [1.82, 2.24) is 4.31 Å². The van der Waals surface area contributed by atoms with Crippen LogP contribution in [0.2, 0.25) is 0 Å². The molecule has 0 heterocycles. The van der Waals surface area contributed by atoms with Gasteiger partial charge in [0.1, 0.15) is 22.3 Å². The second kappa shape index (κ2) is 5.25. The van der Waals surface area contributed by atoms with Crippen LogP contribution in [0.5, 0.6) is 0 Å². The number of nitrogens with zero attached hydrogens (tertiary/aromatic N) is 2. The van der Waals surface area contributed by atoms with Gasteiger partial charge in [0.2, 0.25) is 10.0 Å². The van der Waals surface area contributed by atoms with E-state index in [0.717, 1.165) is 10.4 Å². The van der Waals surface area contributed by atoms with Crippen molar-refractivity contribution in [2.75, 3.05) is 13.6 Å². The summed E-state index contributed by atoms with van der Waals surface area (Å²) < 4.78 is 38.6. The van der Waals surface area contributed by atoms with Crippen LogP contribution in [0.3, 0.4) is 0 Å². The van der Waals surface area contributed by atoms with E-state index in [4.69, 9.17) is 5.26 Å². The maximum Gasteiger partial charge on any atom is 0.244 e. The molecule has 0 aliphatic rings. The lowest BCUT2D eigenvalue weighted by atomic mass is 10.2. The van der Waals surface area contributed by atoms with Gasteiger partial charge in [-0.25, -0.2) is 17.1 Å². The van der Waals surface area contributed by atoms with Crippen LogP contribution < -0.4 is 0 Å². The predicted molar refractivity (Wildman–Crippen MR) is 61.2 cm³/mol. The number of rotatable bonds is 4. The van der Waals surface area contributed by atoms with E-state index < -0.39 is 21.4 Å². The molecule has 0 aliphatic heterocycles. The Morgan fingerprint density at radius 2 is 2.12 bits per heavy atom. The van der Waals surface area contributed by atoms with Crippen LogP contribution in [0.25, 0.3) is 0 Å². The molecule has 0 N–H and O–H groups in total. The Kier molecular flexibility index (Phi) is 4.21. The maximum atomic E-state index is 13.3. The van der Waals surface area contributed by atoms with Crippen molar-refractivity contribution in [3.05, 3.63) is 29.6 Å². The van der Waals surface area contributed by atoms with Crippen LogP contribution in [0.4, 0.5) is 4.39 Å². The average molecular weight is 256 g/mol. The van der Waals surface area contributed by atoms with Crippen LogP contribution in [0.15, 0.2) is 23.1 Å². The van der Waals surface area contributed by atoms with Crippen molar-refractivity contribution in [1.29, 1.82) is 5.26 Å². The molecule has 4 nitrogen and oxygen atoms in total. The Balaban J connectivity index is 3.35. The summed E-state index contributed by atoms with van der Waals surface area (Å²) in [5.41, 5.74) is -0.435. The van der Waals surface area contributed by atoms with Crippen molar-refractivity contribution >= 4 is 10.0 Å². The van der Waals surface area contributed by atoms with Gasteiger partial charge >= 0.3 is 0 Å². The largest absolute Gasteiger partial charge is 0.244 e. The standard InChI is InChI=1S/C11H13FN2O2S/c1-3-7-14(2)17(15,16)11-6-4-5-10(12)9(11)8-13/h4-6H,3,7H2,1-2H3. The van der Waals surface area contributed by atoms with E-state index in [9.17, 15) is 12.8 Å². The van der Waals surface area contributed by atoms with Crippen LogP contribution in [0, 0.1) is 17.1 Å². The topological polar surface area (TPSA) is 61.2 Å². The molecule has 0 fully saturated rings. The van der Waals surface area contributed by atoms with Gasteiger partial charge in [0.15, 0.2) is 0 Å². The Hall–Kier alpha value is -1.45. The molecule has 0 amide bonds. The van der Waals surface area contributed by atoms with Crippen LogP contribution in [-0.4, -0.2) is 26.3 Å². The van der Waals surface area contributed by atoms with E-state index in [2.05, 4.69) is 0 Å². The number of benzene rings is 1. The molecule has 0 aromatic heterocycles. The fraction of sp³-hybridized carbons (Fsp3) is 0.364. The highest BCUT2D eigenvalue weighted by molar-refractivity contribution is 7.89. The van der Waals surface area contributed by atoms with Crippen molar-refractivity contribution < 1.29 is 12.8 Å².